The second-order valence-corrected chi connectivity index (χ2v) is 12.1. The van der Waals surface area contributed by atoms with Crippen LogP contribution in [0.4, 0.5) is 5.69 Å². The maximum absolute atomic E-state index is 12.7. The summed E-state index contributed by atoms with van der Waals surface area (Å²) in [6.07, 6.45) is 16.5. The van der Waals surface area contributed by atoms with Gasteiger partial charge in [0.05, 0.1) is 33.1 Å². The van der Waals surface area contributed by atoms with E-state index in [0.717, 1.165) is 30.4 Å². The Kier molecular flexibility index (Phi) is 15.7. The number of hydrogen-bond donors (Lipinski definition) is 0. The Bertz CT molecular complexity index is 1120. The third-order valence-corrected chi connectivity index (χ3v) is 7.44. The largest absolute Gasteiger partial charge is 0.497 e. The van der Waals surface area contributed by atoms with E-state index in [9.17, 15) is 13.2 Å². The first-order chi connectivity index (χ1) is 19.2. The lowest BCUT2D eigenvalue weighted by Crippen LogP contribution is -2.28. The summed E-state index contributed by atoms with van der Waals surface area (Å²) in [5.41, 5.74) is 2.14. The first-order valence-corrected chi connectivity index (χ1v) is 16.6. The highest BCUT2D eigenvalue weighted by atomic mass is 32.2. The standard InChI is InChI=1S/C32H49NO6S/c1-5-6-7-8-9-10-11-12-13-14-15-16-22-38-32-21-20-31(37-3)24-29(32)25-33(27(2)34)30-19-17-18-28(23-30)26-39-40(4,35)36/h17-21,23-24H,5-16,22,25-26H2,1-4H3. The summed E-state index contributed by atoms with van der Waals surface area (Å²) < 4.78 is 39.3. The van der Waals surface area contributed by atoms with Gasteiger partial charge >= 0.3 is 0 Å². The predicted octanol–water partition coefficient (Wildman–Crippen LogP) is 7.80. The molecule has 0 radical (unpaired) electrons. The molecule has 0 aromatic heterocycles. The summed E-state index contributed by atoms with van der Waals surface area (Å²) in [5.74, 6) is 1.27. The number of ether oxygens (including phenoxy) is 2. The van der Waals surface area contributed by atoms with Gasteiger partial charge in [0, 0.05) is 18.2 Å². The third-order valence-electron chi connectivity index (χ3n) is 6.89. The molecular weight excluding hydrogens is 526 g/mol. The fraction of sp³-hybridized carbons (Fsp3) is 0.594. The number of rotatable bonds is 21. The van der Waals surface area contributed by atoms with E-state index in [2.05, 4.69) is 6.92 Å². The van der Waals surface area contributed by atoms with Gasteiger partial charge in [-0.05, 0) is 42.3 Å². The minimum atomic E-state index is -3.57. The van der Waals surface area contributed by atoms with Crippen molar-refractivity contribution in [1.29, 1.82) is 0 Å². The van der Waals surface area contributed by atoms with Gasteiger partial charge in [0.1, 0.15) is 11.5 Å². The number of hydrogen-bond acceptors (Lipinski definition) is 6. The Hall–Kier alpha value is -2.58. The summed E-state index contributed by atoms with van der Waals surface area (Å²) >= 11 is 0. The normalized spacial score (nSPS) is 11.4. The maximum Gasteiger partial charge on any atom is 0.264 e. The van der Waals surface area contributed by atoms with Crippen molar-refractivity contribution in [3.63, 3.8) is 0 Å². The van der Waals surface area contributed by atoms with Crippen LogP contribution < -0.4 is 14.4 Å². The van der Waals surface area contributed by atoms with Crippen molar-refractivity contribution in [2.75, 3.05) is 24.9 Å². The number of unbranched alkanes of at least 4 members (excludes halogenated alkanes) is 11. The second kappa shape index (κ2) is 18.7. The number of carbonyl (C=O) groups excluding carboxylic acids is 1. The van der Waals surface area contributed by atoms with E-state index >= 15 is 0 Å². The minimum absolute atomic E-state index is 0.0923. The van der Waals surface area contributed by atoms with Crippen molar-refractivity contribution in [2.45, 2.75) is 104 Å². The van der Waals surface area contributed by atoms with Crippen molar-refractivity contribution in [3.05, 3.63) is 53.6 Å². The average Bonchev–Trinajstić information content (AvgIpc) is 2.93. The van der Waals surface area contributed by atoms with E-state index in [4.69, 9.17) is 13.7 Å². The van der Waals surface area contributed by atoms with E-state index in [0.29, 0.717) is 23.6 Å². The Labute approximate surface area is 242 Å². The van der Waals surface area contributed by atoms with Crippen LogP contribution in [-0.2, 0) is 32.2 Å². The van der Waals surface area contributed by atoms with E-state index in [1.165, 1.54) is 71.1 Å². The molecule has 0 fully saturated rings. The van der Waals surface area contributed by atoms with Gasteiger partial charge in [-0.2, -0.15) is 8.42 Å². The van der Waals surface area contributed by atoms with Gasteiger partial charge in [-0.15, -0.1) is 0 Å². The second-order valence-electron chi connectivity index (χ2n) is 10.5. The fourth-order valence-corrected chi connectivity index (χ4v) is 4.97. The van der Waals surface area contributed by atoms with Crippen LogP contribution in [0.2, 0.25) is 0 Å². The molecule has 8 heteroatoms. The number of benzene rings is 2. The van der Waals surface area contributed by atoms with Crippen LogP contribution in [0.1, 0.15) is 102 Å². The summed E-state index contributed by atoms with van der Waals surface area (Å²) in [7, 11) is -1.96. The van der Waals surface area contributed by atoms with E-state index in [1.54, 1.807) is 30.2 Å². The van der Waals surface area contributed by atoms with Crippen LogP contribution in [0.15, 0.2) is 42.5 Å². The van der Waals surface area contributed by atoms with Crippen molar-refractivity contribution in [3.8, 4) is 11.5 Å². The highest BCUT2D eigenvalue weighted by molar-refractivity contribution is 7.85. The van der Waals surface area contributed by atoms with Crippen LogP contribution in [0.5, 0.6) is 11.5 Å². The summed E-state index contributed by atoms with van der Waals surface area (Å²) in [4.78, 5) is 14.3. The summed E-state index contributed by atoms with van der Waals surface area (Å²) in [6.45, 7) is 4.58. The number of nitrogens with zero attached hydrogens (tertiary/aromatic N) is 1. The molecule has 0 saturated carbocycles. The van der Waals surface area contributed by atoms with Gasteiger partial charge in [0.2, 0.25) is 5.91 Å². The molecule has 2 aromatic rings. The van der Waals surface area contributed by atoms with Crippen molar-refractivity contribution < 1.29 is 26.9 Å². The smallest absolute Gasteiger partial charge is 0.264 e. The summed E-state index contributed by atoms with van der Waals surface area (Å²) in [5, 5.41) is 0. The van der Waals surface area contributed by atoms with E-state index in [1.807, 2.05) is 24.3 Å². The first kappa shape index (κ1) is 33.6. The Morgan fingerprint density at radius 1 is 0.850 bits per heavy atom. The molecule has 0 aliphatic heterocycles. The molecule has 224 valence electrons. The van der Waals surface area contributed by atoms with E-state index < -0.39 is 10.1 Å². The van der Waals surface area contributed by atoms with Crippen LogP contribution in [0.3, 0.4) is 0 Å². The lowest BCUT2D eigenvalue weighted by atomic mass is 10.1. The SMILES string of the molecule is CCCCCCCCCCCCCCOc1ccc(OC)cc1CN(C(C)=O)c1cccc(COS(C)(=O)=O)c1. The molecular formula is C32H49NO6S. The average molecular weight is 576 g/mol. The van der Waals surface area contributed by atoms with Gasteiger partial charge in [-0.3, -0.25) is 8.98 Å². The van der Waals surface area contributed by atoms with Crippen molar-refractivity contribution in [1.82, 2.24) is 0 Å². The Morgan fingerprint density at radius 3 is 2.05 bits per heavy atom. The third kappa shape index (κ3) is 13.7. The molecule has 40 heavy (non-hydrogen) atoms. The zero-order valence-electron chi connectivity index (χ0n) is 25.0. The van der Waals surface area contributed by atoms with Gasteiger partial charge in [-0.1, -0.05) is 89.7 Å². The number of amides is 1. The van der Waals surface area contributed by atoms with Crippen molar-refractivity contribution in [2.24, 2.45) is 0 Å². The number of carbonyl (C=O) groups is 1. The molecule has 0 spiro atoms. The van der Waals surface area contributed by atoms with Gasteiger partial charge < -0.3 is 14.4 Å². The molecule has 0 bridgehead atoms. The molecule has 0 heterocycles. The Morgan fingerprint density at radius 2 is 1.48 bits per heavy atom. The van der Waals surface area contributed by atoms with Crippen LogP contribution in [0.25, 0.3) is 0 Å². The van der Waals surface area contributed by atoms with E-state index in [-0.39, 0.29) is 19.1 Å². The topological polar surface area (TPSA) is 82.1 Å². The van der Waals surface area contributed by atoms with Gasteiger partial charge in [-0.25, -0.2) is 0 Å². The molecule has 7 nitrogen and oxygen atoms in total. The summed E-state index contributed by atoms with van der Waals surface area (Å²) in [6, 6.07) is 12.8. The lowest BCUT2D eigenvalue weighted by Gasteiger charge is -2.24. The highest BCUT2D eigenvalue weighted by Crippen LogP contribution is 2.28. The molecule has 1 amide bonds. The minimum Gasteiger partial charge on any atom is -0.497 e. The van der Waals surface area contributed by atoms with Crippen LogP contribution in [-0.4, -0.2) is 34.3 Å². The monoisotopic (exact) mass is 575 g/mol. The first-order valence-electron chi connectivity index (χ1n) is 14.7. The van der Waals surface area contributed by atoms with Crippen molar-refractivity contribution >= 4 is 21.7 Å². The number of methoxy groups -OCH3 is 1. The number of anilines is 1. The molecule has 2 rings (SSSR count). The molecule has 0 saturated heterocycles. The molecule has 0 unspecified atom stereocenters. The molecule has 0 atom stereocenters. The molecule has 0 N–H and O–H groups in total. The lowest BCUT2D eigenvalue weighted by molar-refractivity contribution is -0.116. The maximum atomic E-state index is 12.7. The quantitative estimate of drug-likeness (QED) is 0.112. The zero-order chi connectivity index (χ0) is 29.2. The van der Waals surface area contributed by atoms with Crippen LogP contribution >= 0.6 is 0 Å². The predicted molar refractivity (Wildman–Crippen MR) is 163 cm³/mol. The Balaban J connectivity index is 1.89. The molecule has 0 aliphatic rings. The molecule has 0 aliphatic carbocycles. The zero-order valence-corrected chi connectivity index (χ0v) is 25.8. The fourth-order valence-electron chi connectivity index (χ4n) is 4.62. The highest BCUT2D eigenvalue weighted by Gasteiger charge is 2.17. The molecule has 2 aromatic carbocycles. The van der Waals surface area contributed by atoms with Crippen LogP contribution in [0, 0.1) is 0 Å². The van der Waals surface area contributed by atoms with Gasteiger partial charge in [0.25, 0.3) is 10.1 Å². The van der Waals surface area contributed by atoms with Gasteiger partial charge in [0.15, 0.2) is 0 Å².